The molecule has 190 valence electrons. The van der Waals surface area contributed by atoms with Crippen molar-refractivity contribution in [2.24, 2.45) is 5.10 Å². The number of nitrogens with zero attached hydrogens (tertiary/aromatic N) is 3. The Kier molecular flexibility index (Phi) is 7.72. The molecule has 36 heavy (non-hydrogen) atoms. The average molecular weight is 499 g/mol. The Morgan fingerprint density at radius 1 is 0.944 bits per heavy atom. The zero-order valence-corrected chi connectivity index (χ0v) is 20.3. The third-order valence-corrected chi connectivity index (χ3v) is 5.21. The number of pyridine rings is 1. The molecule has 0 spiro atoms. The lowest BCUT2D eigenvalue weighted by molar-refractivity contribution is 0.0925. The summed E-state index contributed by atoms with van der Waals surface area (Å²) >= 11 is 0. The topological polar surface area (TPSA) is 158 Å². The molecule has 1 aromatic carbocycles. The monoisotopic (exact) mass is 499 g/mol. The van der Waals surface area contributed by atoms with E-state index >= 15 is 0 Å². The molecule has 1 aromatic heterocycles. The van der Waals surface area contributed by atoms with Crippen molar-refractivity contribution in [1.29, 1.82) is 0 Å². The van der Waals surface area contributed by atoms with Gasteiger partial charge < -0.3 is 14.2 Å². The second-order valence-corrected chi connectivity index (χ2v) is 7.36. The van der Waals surface area contributed by atoms with Crippen molar-refractivity contribution in [3.8, 4) is 5.75 Å². The summed E-state index contributed by atoms with van der Waals surface area (Å²) in [5.74, 6) is -0.979. The van der Waals surface area contributed by atoms with Gasteiger partial charge in [0.15, 0.2) is 0 Å². The van der Waals surface area contributed by atoms with Gasteiger partial charge in [-0.3, -0.25) is 14.4 Å². The molecule has 13 nitrogen and oxygen atoms in total. The van der Waals surface area contributed by atoms with E-state index in [-0.39, 0.29) is 47.0 Å². The van der Waals surface area contributed by atoms with Crippen LogP contribution in [0.4, 0.5) is 15.3 Å². The number of carbonyl (C=O) groups excluding carboxylic acids is 4. The van der Waals surface area contributed by atoms with Crippen LogP contribution in [0.15, 0.2) is 34.2 Å². The molecule has 4 amide bonds. The second-order valence-electron chi connectivity index (χ2n) is 7.36. The second kappa shape index (κ2) is 10.7. The van der Waals surface area contributed by atoms with Gasteiger partial charge in [-0.2, -0.15) is 5.10 Å². The van der Waals surface area contributed by atoms with Gasteiger partial charge in [0, 0.05) is 0 Å². The Morgan fingerprint density at radius 2 is 1.53 bits per heavy atom. The first-order valence-electron chi connectivity index (χ1n) is 10.9. The summed E-state index contributed by atoms with van der Waals surface area (Å²) in [6, 6.07) is 6.18. The van der Waals surface area contributed by atoms with Gasteiger partial charge in [0.1, 0.15) is 5.75 Å². The quantitative estimate of drug-likeness (QED) is 0.333. The van der Waals surface area contributed by atoms with Crippen LogP contribution in [0.3, 0.4) is 0 Å². The van der Waals surface area contributed by atoms with Crippen LogP contribution >= 0.6 is 0 Å². The number of nitrogens with one attached hydrogen (secondary N) is 2. The minimum atomic E-state index is -0.948. The lowest BCUT2D eigenvalue weighted by atomic mass is 10.00. The zero-order chi connectivity index (χ0) is 26.6. The van der Waals surface area contributed by atoms with E-state index in [0.29, 0.717) is 5.75 Å². The van der Waals surface area contributed by atoms with Gasteiger partial charge in [-0.1, -0.05) is 0 Å². The molecule has 2 heterocycles. The molecule has 0 saturated heterocycles. The smallest absolute Gasteiger partial charge is 0.427 e. The number of aromatic nitrogens is 1. The van der Waals surface area contributed by atoms with E-state index in [2.05, 4.69) is 16.0 Å². The van der Waals surface area contributed by atoms with Crippen LogP contribution in [0.1, 0.15) is 52.7 Å². The molecule has 0 bridgehead atoms. The van der Waals surface area contributed by atoms with Gasteiger partial charge in [0.2, 0.25) is 0 Å². The number of methoxy groups -OCH3 is 1. The maximum absolute atomic E-state index is 13.5. The van der Waals surface area contributed by atoms with Gasteiger partial charge >= 0.3 is 12.2 Å². The summed E-state index contributed by atoms with van der Waals surface area (Å²) < 4.78 is 15.5. The van der Waals surface area contributed by atoms with E-state index in [4.69, 9.17) is 14.2 Å². The zero-order valence-electron chi connectivity index (χ0n) is 20.3. The van der Waals surface area contributed by atoms with Crippen molar-refractivity contribution in [3.63, 3.8) is 0 Å². The maximum Gasteiger partial charge on any atom is 0.427 e. The van der Waals surface area contributed by atoms with E-state index in [9.17, 15) is 24.0 Å². The number of amides is 4. The number of fused-ring (bicyclic) bond motifs is 1. The van der Waals surface area contributed by atoms with E-state index in [1.807, 2.05) is 0 Å². The number of ether oxygens (including phenoxy) is 3. The van der Waals surface area contributed by atoms with Crippen molar-refractivity contribution in [3.05, 3.63) is 57.0 Å². The summed E-state index contributed by atoms with van der Waals surface area (Å²) in [6.07, 6.45) is -1.83. The highest BCUT2D eigenvalue weighted by molar-refractivity contribution is 6.37. The van der Waals surface area contributed by atoms with Crippen molar-refractivity contribution >= 4 is 35.4 Å². The molecule has 0 radical (unpaired) electrons. The number of carbonyl (C=O) groups is 4. The first kappa shape index (κ1) is 25.9. The first-order valence-corrected chi connectivity index (χ1v) is 10.9. The number of imide groups is 1. The van der Waals surface area contributed by atoms with Gasteiger partial charge in [-0.25, -0.2) is 30.0 Å². The number of hydrazone groups is 1. The maximum atomic E-state index is 13.5. The lowest BCUT2D eigenvalue weighted by Crippen LogP contribution is -2.39. The summed E-state index contributed by atoms with van der Waals surface area (Å²) in [7, 11) is 1.48. The molecule has 0 unspecified atom stereocenters. The van der Waals surface area contributed by atoms with Crippen molar-refractivity contribution in [2.45, 2.75) is 27.7 Å². The predicted octanol–water partition coefficient (Wildman–Crippen LogP) is 2.14. The number of anilines is 1. The third kappa shape index (κ3) is 4.76. The summed E-state index contributed by atoms with van der Waals surface area (Å²) in [6.45, 7) is 6.06. The summed E-state index contributed by atoms with van der Waals surface area (Å²) in [4.78, 5) is 65.1. The van der Waals surface area contributed by atoms with Crippen LogP contribution in [0.25, 0.3) is 0 Å². The molecule has 0 aliphatic carbocycles. The molecule has 13 heteroatoms. The lowest BCUT2D eigenvalue weighted by Gasteiger charge is -2.16. The molecular weight excluding hydrogens is 474 g/mol. The fraction of sp³-hybridized carbons (Fsp3) is 0.304. The van der Waals surface area contributed by atoms with Crippen LogP contribution in [0.2, 0.25) is 0 Å². The largest absolute Gasteiger partial charge is 0.497 e. The molecule has 0 saturated carbocycles. The molecule has 1 aliphatic heterocycles. The molecule has 3 rings (SSSR count). The Labute approximate surface area is 205 Å². The van der Waals surface area contributed by atoms with Crippen LogP contribution in [0.5, 0.6) is 5.75 Å². The first-order chi connectivity index (χ1) is 17.2. The predicted molar refractivity (Wildman–Crippen MR) is 128 cm³/mol. The van der Waals surface area contributed by atoms with Crippen molar-refractivity contribution < 1.29 is 33.4 Å². The van der Waals surface area contributed by atoms with Gasteiger partial charge in [-0.15, -0.1) is 0 Å². The third-order valence-electron chi connectivity index (χ3n) is 5.21. The molecule has 2 N–H and O–H groups in total. The fourth-order valence-electron chi connectivity index (χ4n) is 3.62. The normalized spacial score (nSPS) is 12.8. The van der Waals surface area contributed by atoms with Gasteiger partial charge in [0.05, 0.1) is 54.1 Å². The number of hydrogen-bond donors (Lipinski definition) is 2. The summed E-state index contributed by atoms with van der Waals surface area (Å²) in [5.41, 5.74) is 3.06. The summed E-state index contributed by atoms with van der Waals surface area (Å²) in [5, 5.41) is 3.85. The van der Waals surface area contributed by atoms with E-state index in [0.717, 1.165) is 9.58 Å². The van der Waals surface area contributed by atoms with Crippen LogP contribution in [0, 0.1) is 6.92 Å². The number of rotatable bonds is 7. The fourth-order valence-corrected chi connectivity index (χ4v) is 3.62. The highest BCUT2D eigenvalue weighted by Crippen LogP contribution is 2.32. The van der Waals surface area contributed by atoms with Crippen LogP contribution < -0.4 is 26.0 Å². The standard InChI is InChI=1S/C23H25N5O8/c1-6-35-22(32)25-24-12(3)16-18-17(13(4)28(21(16)31)26-23(33)36-7-2)19(29)27(20(18)30)14-8-10-15(34-5)11-9-14/h8-11H,6-7H2,1-5H3,(H,25,32)(H,26,33)/b24-12+. The van der Waals surface area contributed by atoms with Crippen LogP contribution in [-0.2, 0) is 9.47 Å². The van der Waals surface area contributed by atoms with E-state index < -0.39 is 29.6 Å². The van der Waals surface area contributed by atoms with Crippen LogP contribution in [-0.4, -0.2) is 54.7 Å². The number of hydrogen-bond acceptors (Lipinski definition) is 9. The molecule has 0 atom stereocenters. The van der Waals surface area contributed by atoms with E-state index in [1.54, 1.807) is 26.0 Å². The van der Waals surface area contributed by atoms with E-state index in [1.165, 1.54) is 33.1 Å². The molecule has 0 fully saturated rings. The average Bonchev–Trinajstić information content (AvgIpc) is 3.11. The SMILES string of the molecule is CCOC(=O)N/N=C(\C)c1c2c(c(C)n(NC(=O)OCC)c1=O)C(=O)N(c1ccc(OC)cc1)C2=O. The van der Waals surface area contributed by atoms with Gasteiger partial charge in [-0.05, 0) is 52.0 Å². The Morgan fingerprint density at radius 3 is 2.11 bits per heavy atom. The highest BCUT2D eigenvalue weighted by Gasteiger charge is 2.43. The Bertz CT molecular complexity index is 1310. The minimum absolute atomic E-state index is 0.00677. The molecule has 2 aromatic rings. The minimum Gasteiger partial charge on any atom is -0.497 e. The van der Waals surface area contributed by atoms with Crippen molar-refractivity contribution in [1.82, 2.24) is 10.1 Å². The van der Waals surface area contributed by atoms with Gasteiger partial charge in [0.25, 0.3) is 17.4 Å². The number of benzene rings is 1. The van der Waals surface area contributed by atoms with Crippen molar-refractivity contribution in [2.75, 3.05) is 30.6 Å². The Balaban J connectivity index is 2.22. The molecular formula is C23H25N5O8. The molecule has 1 aliphatic rings. The highest BCUT2D eigenvalue weighted by atomic mass is 16.6. The Hall–Kier alpha value is -4.68.